The molecule has 0 aliphatic carbocycles. The van der Waals surface area contributed by atoms with Gasteiger partial charge in [0.05, 0.1) is 39.6 Å². The zero-order valence-corrected chi connectivity index (χ0v) is 21.1. The second kappa shape index (κ2) is 9.52. The number of carbonyl (C=O) groups is 1. The van der Waals surface area contributed by atoms with E-state index in [-0.39, 0.29) is 11.3 Å². The number of aromatic hydroxyl groups is 1. The summed E-state index contributed by atoms with van der Waals surface area (Å²) in [4.78, 5) is 31.5. The van der Waals surface area contributed by atoms with Crippen molar-refractivity contribution in [2.75, 3.05) is 14.2 Å². The van der Waals surface area contributed by atoms with Crippen LogP contribution in [0.1, 0.15) is 30.5 Å². The summed E-state index contributed by atoms with van der Waals surface area (Å²) in [7, 11) is 2.80. The van der Waals surface area contributed by atoms with E-state index >= 15 is 0 Å². The third-order valence-electron chi connectivity index (χ3n) is 5.33. The van der Waals surface area contributed by atoms with Gasteiger partial charge in [0.1, 0.15) is 0 Å². The monoisotopic (exact) mass is 576 g/mol. The Morgan fingerprint density at radius 2 is 2.00 bits per heavy atom. The number of ether oxygens (including phenoxy) is 2. The summed E-state index contributed by atoms with van der Waals surface area (Å²) < 4.78 is 12.9. The van der Waals surface area contributed by atoms with Crippen LogP contribution in [0.5, 0.6) is 11.5 Å². The fraction of sp³-hybridized carbons (Fsp3) is 0.208. The van der Waals surface area contributed by atoms with Crippen LogP contribution in [0.2, 0.25) is 0 Å². The van der Waals surface area contributed by atoms with Crippen LogP contribution in [-0.4, -0.2) is 29.9 Å². The summed E-state index contributed by atoms with van der Waals surface area (Å²) in [5, 5.41) is 10.1. The largest absolute Gasteiger partial charge is 0.504 e. The Bertz CT molecular complexity index is 1440. The molecule has 4 rings (SSSR count). The average Bonchev–Trinajstić information content (AvgIpc) is 3.14. The highest BCUT2D eigenvalue weighted by atomic mass is 127. The lowest BCUT2D eigenvalue weighted by atomic mass is 9.95. The van der Waals surface area contributed by atoms with Gasteiger partial charge in [0.25, 0.3) is 5.56 Å². The molecule has 3 aromatic rings. The Morgan fingerprint density at radius 3 is 2.64 bits per heavy atom. The number of phenolic OH excluding ortho intramolecular Hbond substituents is 1. The van der Waals surface area contributed by atoms with Crippen LogP contribution in [0.3, 0.4) is 0 Å². The number of hydrogen-bond acceptors (Lipinski definition) is 7. The van der Waals surface area contributed by atoms with Gasteiger partial charge in [0.15, 0.2) is 16.3 Å². The van der Waals surface area contributed by atoms with Crippen molar-refractivity contribution >= 4 is 46.0 Å². The number of thiazole rings is 1. The van der Waals surface area contributed by atoms with Crippen molar-refractivity contribution in [2.24, 2.45) is 4.99 Å². The molecule has 9 heteroatoms. The van der Waals surface area contributed by atoms with Gasteiger partial charge in [-0.05, 0) is 58.3 Å². The lowest BCUT2D eigenvalue weighted by Crippen LogP contribution is -2.40. The average molecular weight is 576 g/mol. The molecule has 0 unspecified atom stereocenters. The fourth-order valence-electron chi connectivity index (χ4n) is 3.80. The lowest BCUT2D eigenvalue weighted by Gasteiger charge is -2.25. The summed E-state index contributed by atoms with van der Waals surface area (Å²) in [5.74, 6) is -0.128. The second-order valence-electron chi connectivity index (χ2n) is 7.25. The van der Waals surface area contributed by atoms with Gasteiger partial charge >= 0.3 is 5.97 Å². The predicted octanol–water partition coefficient (Wildman–Crippen LogP) is 3.12. The van der Waals surface area contributed by atoms with Crippen molar-refractivity contribution in [3.8, 4) is 11.5 Å². The number of esters is 1. The maximum absolute atomic E-state index is 13.6. The van der Waals surface area contributed by atoms with E-state index < -0.39 is 12.0 Å². The highest BCUT2D eigenvalue weighted by molar-refractivity contribution is 14.1. The van der Waals surface area contributed by atoms with Crippen LogP contribution >= 0.6 is 33.9 Å². The van der Waals surface area contributed by atoms with Gasteiger partial charge in [-0.3, -0.25) is 9.36 Å². The van der Waals surface area contributed by atoms with E-state index in [4.69, 9.17) is 9.47 Å². The SMILES string of the molecule is CCC1=C(C(=O)OC)[C@H](c2ccccc2)n2c(s/c(=C\c3cc(I)c(O)c(OC)c3)c2=O)=N1. The maximum Gasteiger partial charge on any atom is 0.338 e. The molecule has 2 aromatic carbocycles. The number of fused-ring (bicyclic) bond motifs is 1. The molecule has 0 spiro atoms. The number of aromatic nitrogens is 1. The molecule has 1 aliphatic rings. The first-order valence-corrected chi connectivity index (χ1v) is 12.0. The quantitative estimate of drug-likeness (QED) is 0.373. The molecule has 0 saturated carbocycles. The van der Waals surface area contributed by atoms with Crippen molar-refractivity contribution < 1.29 is 19.4 Å². The Kier molecular flexibility index (Phi) is 6.71. The van der Waals surface area contributed by atoms with E-state index in [9.17, 15) is 14.7 Å². The third kappa shape index (κ3) is 4.22. The minimum atomic E-state index is -0.638. The molecule has 0 bridgehead atoms. The van der Waals surface area contributed by atoms with E-state index in [0.29, 0.717) is 41.9 Å². The van der Waals surface area contributed by atoms with Gasteiger partial charge in [-0.2, -0.15) is 0 Å². The van der Waals surface area contributed by atoms with Gasteiger partial charge in [-0.15, -0.1) is 0 Å². The number of nitrogens with zero attached hydrogens (tertiary/aromatic N) is 2. The Labute approximate surface area is 207 Å². The van der Waals surface area contributed by atoms with E-state index in [0.717, 1.165) is 5.56 Å². The van der Waals surface area contributed by atoms with Crippen molar-refractivity contribution in [1.82, 2.24) is 4.57 Å². The van der Waals surface area contributed by atoms with Crippen LogP contribution in [0, 0.1) is 3.57 Å². The number of hydrogen-bond donors (Lipinski definition) is 1. The molecule has 0 fully saturated rings. The zero-order valence-electron chi connectivity index (χ0n) is 18.2. The molecular formula is C24H21IN2O5S. The predicted molar refractivity (Wildman–Crippen MR) is 134 cm³/mol. The summed E-state index contributed by atoms with van der Waals surface area (Å²) >= 11 is 3.27. The molecule has 0 saturated heterocycles. The minimum absolute atomic E-state index is 0.0519. The standard InChI is InChI=1S/C24H21IN2O5S/c1-4-16-19(23(30)32-3)20(14-8-6-5-7-9-14)27-22(29)18(33-24(27)26-16)12-13-10-15(25)21(28)17(11-13)31-2/h5-12,20,28H,4H2,1-3H3/b18-12-/t20-/m0/s1. The highest BCUT2D eigenvalue weighted by Gasteiger charge is 2.33. The fourth-order valence-corrected chi connectivity index (χ4v) is 5.44. The summed E-state index contributed by atoms with van der Waals surface area (Å²) in [5.41, 5.74) is 2.22. The number of carbonyl (C=O) groups excluding carboxylic acids is 1. The molecule has 0 radical (unpaired) electrons. The van der Waals surface area contributed by atoms with Crippen molar-refractivity contribution in [1.29, 1.82) is 0 Å². The van der Waals surface area contributed by atoms with E-state index in [1.54, 1.807) is 22.8 Å². The van der Waals surface area contributed by atoms with Crippen molar-refractivity contribution in [3.63, 3.8) is 0 Å². The first kappa shape index (κ1) is 23.2. The van der Waals surface area contributed by atoms with E-state index in [2.05, 4.69) is 4.99 Å². The molecule has 33 heavy (non-hydrogen) atoms. The Morgan fingerprint density at radius 1 is 1.27 bits per heavy atom. The summed E-state index contributed by atoms with van der Waals surface area (Å²) in [6, 6.07) is 12.2. The van der Waals surface area contributed by atoms with Crippen LogP contribution in [0.15, 0.2) is 63.5 Å². The topological polar surface area (TPSA) is 90.1 Å². The summed E-state index contributed by atoms with van der Waals surface area (Å²) in [6.45, 7) is 1.92. The normalized spacial score (nSPS) is 15.8. The number of rotatable bonds is 5. The van der Waals surface area contributed by atoms with Crippen LogP contribution < -0.4 is 19.6 Å². The third-order valence-corrected chi connectivity index (χ3v) is 7.14. The second-order valence-corrected chi connectivity index (χ2v) is 9.42. The van der Waals surface area contributed by atoms with Gasteiger partial charge in [-0.25, -0.2) is 9.79 Å². The number of benzene rings is 2. The molecule has 1 aromatic heterocycles. The molecule has 7 nitrogen and oxygen atoms in total. The Hall–Kier alpha value is -2.92. The summed E-state index contributed by atoms with van der Waals surface area (Å²) in [6.07, 6.45) is 2.26. The van der Waals surface area contributed by atoms with E-state index in [1.807, 2.05) is 59.8 Å². The lowest BCUT2D eigenvalue weighted by molar-refractivity contribution is -0.136. The number of halogens is 1. The number of allylic oxidation sites excluding steroid dienone is 1. The minimum Gasteiger partial charge on any atom is -0.504 e. The first-order chi connectivity index (χ1) is 15.9. The van der Waals surface area contributed by atoms with Gasteiger partial charge in [-0.1, -0.05) is 48.6 Å². The van der Waals surface area contributed by atoms with Gasteiger partial charge in [0.2, 0.25) is 0 Å². The molecular weight excluding hydrogens is 555 g/mol. The number of methoxy groups -OCH3 is 2. The molecule has 2 heterocycles. The van der Waals surface area contributed by atoms with Crippen LogP contribution in [0.25, 0.3) is 6.08 Å². The maximum atomic E-state index is 13.6. The number of phenols is 1. The molecule has 1 N–H and O–H groups in total. The van der Waals surface area contributed by atoms with Crippen LogP contribution in [0.4, 0.5) is 0 Å². The van der Waals surface area contributed by atoms with Gasteiger partial charge in [0, 0.05) is 0 Å². The molecule has 170 valence electrons. The zero-order chi connectivity index (χ0) is 23.7. The van der Waals surface area contributed by atoms with Crippen LogP contribution in [-0.2, 0) is 9.53 Å². The van der Waals surface area contributed by atoms with E-state index in [1.165, 1.54) is 25.6 Å². The smallest absolute Gasteiger partial charge is 0.338 e. The van der Waals surface area contributed by atoms with Crippen molar-refractivity contribution in [3.05, 3.63) is 88.1 Å². The molecule has 1 aliphatic heterocycles. The first-order valence-electron chi connectivity index (χ1n) is 10.1. The Balaban J connectivity index is 1.99. The van der Waals surface area contributed by atoms with Gasteiger partial charge < -0.3 is 14.6 Å². The molecule has 0 amide bonds. The molecule has 1 atom stereocenters. The highest BCUT2D eigenvalue weighted by Crippen LogP contribution is 2.33. The van der Waals surface area contributed by atoms with Crippen molar-refractivity contribution in [2.45, 2.75) is 19.4 Å².